The Bertz CT molecular complexity index is 1020. The van der Waals surface area contributed by atoms with Crippen molar-refractivity contribution in [2.75, 3.05) is 51.3 Å². The highest BCUT2D eigenvalue weighted by molar-refractivity contribution is 7.89. The highest BCUT2D eigenvalue weighted by Crippen LogP contribution is 2.27. The number of carbonyl (C=O) groups excluding carboxylic acids is 1. The first kappa shape index (κ1) is 23.4. The van der Waals surface area contributed by atoms with Crippen molar-refractivity contribution in [2.24, 2.45) is 0 Å². The summed E-state index contributed by atoms with van der Waals surface area (Å²) in [5, 5.41) is 0.118. The predicted octanol–water partition coefficient (Wildman–Crippen LogP) is 3.34. The molecule has 168 valence electrons. The van der Waals surface area contributed by atoms with E-state index in [0.717, 1.165) is 11.4 Å². The van der Waals surface area contributed by atoms with Crippen molar-refractivity contribution in [3.05, 3.63) is 53.1 Å². The molecule has 0 atom stereocenters. The lowest BCUT2D eigenvalue weighted by molar-refractivity contribution is 0.0746. The van der Waals surface area contributed by atoms with Gasteiger partial charge in [-0.15, -0.1) is 0 Å². The molecule has 2 aromatic carbocycles. The van der Waals surface area contributed by atoms with Gasteiger partial charge in [-0.1, -0.05) is 25.4 Å². The van der Waals surface area contributed by atoms with Gasteiger partial charge in [0.05, 0.1) is 12.1 Å². The first-order valence-electron chi connectivity index (χ1n) is 10.3. The molecule has 0 aliphatic carbocycles. The van der Waals surface area contributed by atoms with Crippen LogP contribution in [0, 0.1) is 0 Å². The normalized spacial score (nSPS) is 14.7. The van der Waals surface area contributed by atoms with E-state index in [1.54, 1.807) is 31.9 Å². The molecule has 0 unspecified atom stereocenters. The second kappa shape index (κ2) is 9.89. The van der Waals surface area contributed by atoms with Crippen molar-refractivity contribution in [1.29, 1.82) is 0 Å². The van der Waals surface area contributed by atoms with Crippen LogP contribution in [0.4, 0.5) is 5.69 Å². The van der Waals surface area contributed by atoms with Gasteiger partial charge in [0.1, 0.15) is 10.6 Å². The Hall–Kier alpha value is -2.29. The third-order valence-electron chi connectivity index (χ3n) is 5.51. The SMILES string of the molecule is CCN(CC)S(=O)(=O)c1cc(C(=O)N2CCN(c3ccc(OC)cc3)CC2)ccc1Cl. The quantitative estimate of drug-likeness (QED) is 0.627. The molecule has 1 amide bonds. The van der Waals surface area contributed by atoms with Crippen LogP contribution in [-0.2, 0) is 10.0 Å². The van der Waals surface area contributed by atoms with E-state index >= 15 is 0 Å². The summed E-state index contributed by atoms with van der Waals surface area (Å²) in [5.41, 5.74) is 1.40. The molecular weight excluding hydrogens is 438 g/mol. The summed E-state index contributed by atoms with van der Waals surface area (Å²) < 4.78 is 32.4. The molecule has 0 bridgehead atoms. The Kier molecular flexibility index (Phi) is 7.46. The van der Waals surface area contributed by atoms with Crippen LogP contribution >= 0.6 is 11.6 Å². The number of anilines is 1. The third-order valence-corrected chi connectivity index (χ3v) is 8.04. The molecule has 9 heteroatoms. The molecule has 31 heavy (non-hydrogen) atoms. The summed E-state index contributed by atoms with van der Waals surface area (Å²) in [7, 11) is -2.12. The van der Waals surface area contributed by atoms with E-state index in [0.29, 0.717) is 44.8 Å². The van der Waals surface area contributed by atoms with Crippen molar-refractivity contribution in [3.8, 4) is 5.75 Å². The molecule has 0 aromatic heterocycles. The maximum absolute atomic E-state index is 13.1. The second-order valence-corrected chi connectivity index (χ2v) is 9.53. The Labute approximate surface area is 189 Å². The fourth-order valence-corrected chi connectivity index (χ4v) is 5.64. The summed E-state index contributed by atoms with van der Waals surface area (Å²) in [5.74, 6) is 0.609. The highest BCUT2D eigenvalue weighted by atomic mass is 35.5. The fraction of sp³-hybridized carbons (Fsp3) is 0.409. The van der Waals surface area contributed by atoms with Crippen molar-refractivity contribution >= 4 is 33.2 Å². The second-order valence-electron chi connectivity index (χ2n) is 7.21. The molecule has 1 aliphatic heterocycles. The minimum absolute atomic E-state index is 0.0272. The van der Waals surface area contributed by atoms with Gasteiger partial charge in [0.15, 0.2) is 0 Å². The van der Waals surface area contributed by atoms with E-state index in [-0.39, 0.29) is 15.8 Å². The summed E-state index contributed by atoms with van der Waals surface area (Å²) in [4.78, 5) is 17.0. The molecule has 3 rings (SSSR count). The number of ether oxygens (including phenoxy) is 1. The van der Waals surface area contributed by atoms with Crippen molar-refractivity contribution in [2.45, 2.75) is 18.7 Å². The van der Waals surface area contributed by atoms with Crippen LogP contribution in [0.15, 0.2) is 47.4 Å². The number of sulfonamides is 1. The minimum Gasteiger partial charge on any atom is -0.497 e. The Morgan fingerprint density at radius 2 is 1.65 bits per heavy atom. The lowest BCUT2D eigenvalue weighted by atomic mass is 10.1. The van der Waals surface area contributed by atoms with Gasteiger partial charge in [-0.25, -0.2) is 8.42 Å². The number of amides is 1. The van der Waals surface area contributed by atoms with Gasteiger partial charge in [-0.2, -0.15) is 4.31 Å². The minimum atomic E-state index is -3.76. The van der Waals surface area contributed by atoms with Crippen LogP contribution in [0.5, 0.6) is 5.75 Å². The molecule has 0 saturated carbocycles. The number of methoxy groups -OCH3 is 1. The standard InChI is InChI=1S/C22H28ClN3O4S/c1-4-26(5-2)31(28,29)21-16-17(6-11-20(21)23)22(27)25-14-12-24(13-15-25)18-7-9-19(30-3)10-8-18/h6-11,16H,4-5,12-15H2,1-3H3. The summed E-state index contributed by atoms with van der Waals surface area (Å²) in [6.45, 7) is 6.68. The number of benzene rings is 2. The monoisotopic (exact) mass is 465 g/mol. The predicted molar refractivity (Wildman–Crippen MR) is 123 cm³/mol. The molecule has 2 aromatic rings. The number of carbonyl (C=O) groups is 1. The molecule has 0 spiro atoms. The average Bonchev–Trinajstić information content (AvgIpc) is 2.79. The number of hydrogen-bond acceptors (Lipinski definition) is 5. The summed E-state index contributed by atoms with van der Waals surface area (Å²) in [6, 6.07) is 12.3. The molecule has 7 nitrogen and oxygen atoms in total. The molecule has 0 radical (unpaired) electrons. The van der Waals surface area contributed by atoms with Gasteiger partial charge in [0.25, 0.3) is 5.91 Å². The number of halogens is 1. The molecule has 1 aliphatic rings. The maximum atomic E-state index is 13.1. The zero-order valence-electron chi connectivity index (χ0n) is 18.0. The van der Waals surface area contributed by atoms with Gasteiger partial charge < -0.3 is 14.5 Å². The maximum Gasteiger partial charge on any atom is 0.254 e. The van der Waals surface area contributed by atoms with Crippen molar-refractivity contribution in [1.82, 2.24) is 9.21 Å². The number of rotatable bonds is 7. The van der Waals surface area contributed by atoms with E-state index in [9.17, 15) is 13.2 Å². The van der Waals surface area contributed by atoms with E-state index in [2.05, 4.69) is 4.90 Å². The summed E-state index contributed by atoms with van der Waals surface area (Å²) >= 11 is 6.19. The van der Waals surface area contributed by atoms with Gasteiger partial charge in [-0.3, -0.25) is 4.79 Å². The zero-order chi connectivity index (χ0) is 22.6. The molecule has 1 saturated heterocycles. The van der Waals surface area contributed by atoms with E-state index in [1.165, 1.54) is 16.4 Å². The van der Waals surface area contributed by atoms with Crippen molar-refractivity contribution in [3.63, 3.8) is 0 Å². The lowest BCUT2D eigenvalue weighted by Gasteiger charge is -2.36. The van der Waals surface area contributed by atoms with Gasteiger partial charge in [0, 0.05) is 50.5 Å². The topological polar surface area (TPSA) is 70.2 Å². The molecular formula is C22H28ClN3O4S. The first-order valence-corrected chi connectivity index (χ1v) is 12.1. The van der Waals surface area contributed by atoms with Gasteiger partial charge >= 0.3 is 0 Å². The fourth-order valence-electron chi connectivity index (χ4n) is 3.68. The van der Waals surface area contributed by atoms with Crippen LogP contribution < -0.4 is 9.64 Å². The number of nitrogens with zero attached hydrogens (tertiary/aromatic N) is 3. The molecule has 1 heterocycles. The summed E-state index contributed by atoms with van der Waals surface area (Å²) in [6.07, 6.45) is 0. The largest absolute Gasteiger partial charge is 0.497 e. The first-order chi connectivity index (χ1) is 14.8. The van der Waals surface area contributed by atoms with Crippen molar-refractivity contribution < 1.29 is 17.9 Å². The smallest absolute Gasteiger partial charge is 0.254 e. The average molecular weight is 466 g/mol. The van der Waals surface area contributed by atoms with Crippen LogP contribution in [-0.4, -0.2) is 69.9 Å². The van der Waals surface area contributed by atoms with Gasteiger partial charge in [0.2, 0.25) is 10.0 Å². The highest BCUT2D eigenvalue weighted by Gasteiger charge is 2.28. The van der Waals surface area contributed by atoms with E-state index < -0.39 is 10.0 Å². The van der Waals surface area contributed by atoms with Gasteiger partial charge in [-0.05, 0) is 42.5 Å². The van der Waals surface area contributed by atoms with Crippen LogP contribution in [0.2, 0.25) is 5.02 Å². The van der Waals surface area contributed by atoms with E-state index in [1.807, 2.05) is 24.3 Å². The zero-order valence-corrected chi connectivity index (χ0v) is 19.6. The van der Waals surface area contributed by atoms with Crippen LogP contribution in [0.1, 0.15) is 24.2 Å². The Morgan fingerprint density at radius 3 is 2.19 bits per heavy atom. The molecule has 1 fully saturated rings. The Balaban J connectivity index is 1.74. The lowest BCUT2D eigenvalue weighted by Crippen LogP contribution is -2.48. The van der Waals surface area contributed by atoms with Crippen LogP contribution in [0.3, 0.4) is 0 Å². The third kappa shape index (κ3) is 4.97. The van der Waals surface area contributed by atoms with E-state index in [4.69, 9.17) is 16.3 Å². The Morgan fingerprint density at radius 1 is 1.03 bits per heavy atom. The number of hydrogen-bond donors (Lipinski definition) is 0. The number of piperazine rings is 1. The molecule has 0 N–H and O–H groups in total. The van der Waals surface area contributed by atoms with Crippen LogP contribution in [0.25, 0.3) is 0 Å².